The van der Waals surface area contributed by atoms with E-state index in [9.17, 15) is 0 Å². The molecule has 2 unspecified atom stereocenters. The zero-order valence-electron chi connectivity index (χ0n) is 12.2. The summed E-state index contributed by atoms with van der Waals surface area (Å²) in [6, 6.07) is 9.88. The molecule has 3 rings (SSSR count). The normalized spacial score (nSPS) is 27.4. The first kappa shape index (κ1) is 13.2. The molecule has 0 amide bonds. The minimum absolute atomic E-state index is 0.769. The first-order valence-corrected chi connectivity index (χ1v) is 8.16. The first-order valence-electron chi connectivity index (χ1n) is 8.16. The van der Waals surface area contributed by atoms with Crippen molar-refractivity contribution in [2.24, 2.45) is 11.8 Å². The summed E-state index contributed by atoms with van der Waals surface area (Å²) in [4.78, 5) is 0. The Labute approximate surface area is 117 Å². The number of benzene rings is 1. The van der Waals surface area contributed by atoms with Gasteiger partial charge in [-0.25, -0.2) is 0 Å². The van der Waals surface area contributed by atoms with E-state index in [1.165, 1.54) is 49.7 Å². The Hall–Kier alpha value is -0.820. The van der Waals surface area contributed by atoms with E-state index in [1.54, 1.807) is 0 Å². The molecular weight excluding hydrogens is 230 g/mol. The van der Waals surface area contributed by atoms with Crippen LogP contribution in [0.2, 0.25) is 0 Å². The summed E-state index contributed by atoms with van der Waals surface area (Å²) in [7, 11) is 0. The third-order valence-corrected chi connectivity index (χ3v) is 5.03. The molecule has 0 radical (unpaired) electrons. The van der Waals surface area contributed by atoms with Crippen molar-refractivity contribution in [3.63, 3.8) is 0 Å². The van der Waals surface area contributed by atoms with E-state index in [4.69, 9.17) is 0 Å². The van der Waals surface area contributed by atoms with Gasteiger partial charge in [-0.3, -0.25) is 0 Å². The van der Waals surface area contributed by atoms with Crippen LogP contribution in [0.5, 0.6) is 0 Å². The van der Waals surface area contributed by atoms with Crippen LogP contribution in [-0.4, -0.2) is 6.04 Å². The SMILES string of the molecule is CCc1ccc(CNC2CCCC(C3CC3)C2)cc1. The maximum absolute atomic E-state index is 3.79. The van der Waals surface area contributed by atoms with Gasteiger partial charge in [0.15, 0.2) is 0 Å². The van der Waals surface area contributed by atoms with Crippen molar-refractivity contribution in [3.8, 4) is 0 Å². The minimum atomic E-state index is 0.769. The van der Waals surface area contributed by atoms with Crippen LogP contribution in [0.15, 0.2) is 24.3 Å². The molecule has 104 valence electrons. The molecule has 1 heteroatoms. The molecule has 0 heterocycles. The average molecular weight is 257 g/mol. The minimum Gasteiger partial charge on any atom is -0.310 e. The summed E-state index contributed by atoms with van der Waals surface area (Å²) in [5.74, 6) is 2.13. The standard InChI is InChI=1S/C18H27N/c1-2-14-6-8-15(9-7-14)13-19-18-5-3-4-17(12-18)16-10-11-16/h6-9,16-19H,2-5,10-13H2,1H3. The van der Waals surface area contributed by atoms with Crippen molar-refractivity contribution in [2.75, 3.05) is 0 Å². The van der Waals surface area contributed by atoms with E-state index in [0.29, 0.717) is 0 Å². The monoisotopic (exact) mass is 257 g/mol. The lowest BCUT2D eigenvalue weighted by Crippen LogP contribution is -2.34. The van der Waals surface area contributed by atoms with Crippen molar-refractivity contribution in [1.29, 1.82) is 0 Å². The molecule has 0 bridgehead atoms. The molecule has 0 spiro atoms. The third kappa shape index (κ3) is 3.60. The molecular formula is C18H27N. The number of hydrogen-bond acceptors (Lipinski definition) is 1. The second-order valence-electron chi connectivity index (χ2n) is 6.51. The van der Waals surface area contributed by atoms with Crippen LogP contribution in [0.1, 0.15) is 56.6 Å². The Bertz CT molecular complexity index is 391. The molecule has 1 nitrogen and oxygen atoms in total. The van der Waals surface area contributed by atoms with Crippen LogP contribution in [0.4, 0.5) is 0 Å². The fourth-order valence-electron chi connectivity index (χ4n) is 3.56. The highest BCUT2D eigenvalue weighted by Crippen LogP contribution is 2.43. The molecule has 1 aromatic carbocycles. The van der Waals surface area contributed by atoms with Gasteiger partial charge in [-0.1, -0.05) is 44.0 Å². The van der Waals surface area contributed by atoms with E-state index in [0.717, 1.165) is 30.8 Å². The maximum Gasteiger partial charge on any atom is 0.0208 e. The van der Waals surface area contributed by atoms with E-state index < -0.39 is 0 Å². The summed E-state index contributed by atoms with van der Waals surface area (Å²) < 4.78 is 0. The smallest absolute Gasteiger partial charge is 0.0208 e. The zero-order chi connectivity index (χ0) is 13.1. The Kier molecular flexibility index (Phi) is 4.22. The van der Waals surface area contributed by atoms with Crippen LogP contribution in [-0.2, 0) is 13.0 Å². The summed E-state index contributed by atoms with van der Waals surface area (Å²) in [5.41, 5.74) is 2.88. The molecule has 2 saturated carbocycles. The number of rotatable bonds is 5. The molecule has 1 N–H and O–H groups in total. The van der Waals surface area contributed by atoms with E-state index in [-0.39, 0.29) is 0 Å². The molecule has 0 aliphatic heterocycles. The summed E-state index contributed by atoms with van der Waals surface area (Å²) >= 11 is 0. The van der Waals surface area contributed by atoms with E-state index in [1.807, 2.05) is 0 Å². The Balaban J connectivity index is 1.47. The molecule has 0 aromatic heterocycles. The van der Waals surface area contributed by atoms with Gasteiger partial charge < -0.3 is 5.32 Å². The first-order chi connectivity index (χ1) is 9.35. The lowest BCUT2D eigenvalue weighted by Gasteiger charge is -2.30. The molecule has 2 aliphatic carbocycles. The topological polar surface area (TPSA) is 12.0 Å². The fourth-order valence-corrected chi connectivity index (χ4v) is 3.56. The Morgan fingerprint density at radius 1 is 0.947 bits per heavy atom. The van der Waals surface area contributed by atoms with Crippen LogP contribution < -0.4 is 5.32 Å². The van der Waals surface area contributed by atoms with Gasteiger partial charge in [0.25, 0.3) is 0 Å². The van der Waals surface area contributed by atoms with Gasteiger partial charge in [-0.05, 0) is 55.1 Å². The Morgan fingerprint density at radius 2 is 1.68 bits per heavy atom. The van der Waals surface area contributed by atoms with Crippen LogP contribution >= 0.6 is 0 Å². The lowest BCUT2D eigenvalue weighted by molar-refractivity contribution is 0.260. The van der Waals surface area contributed by atoms with Gasteiger partial charge in [0, 0.05) is 12.6 Å². The van der Waals surface area contributed by atoms with Crippen molar-refractivity contribution in [1.82, 2.24) is 5.32 Å². The second kappa shape index (κ2) is 6.09. The van der Waals surface area contributed by atoms with Crippen molar-refractivity contribution in [2.45, 2.75) is 64.5 Å². The molecule has 1 aromatic rings. The molecule has 0 saturated heterocycles. The van der Waals surface area contributed by atoms with Gasteiger partial charge in [0.05, 0.1) is 0 Å². The van der Waals surface area contributed by atoms with Gasteiger partial charge in [0.1, 0.15) is 0 Å². The largest absolute Gasteiger partial charge is 0.310 e. The van der Waals surface area contributed by atoms with Gasteiger partial charge in [-0.2, -0.15) is 0 Å². The maximum atomic E-state index is 3.79. The second-order valence-corrected chi connectivity index (χ2v) is 6.51. The van der Waals surface area contributed by atoms with Crippen LogP contribution in [0.25, 0.3) is 0 Å². The average Bonchev–Trinajstić information content (AvgIpc) is 3.31. The van der Waals surface area contributed by atoms with Crippen LogP contribution in [0.3, 0.4) is 0 Å². The van der Waals surface area contributed by atoms with Crippen molar-refractivity contribution < 1.29 is 0 Å². The quantitative estimate of drug-likeness (QED) is 0.829. The predicted octanol–water partition coefficient (Wildman–Crippen LogP) is 4.31. The van der Waals surface area contributed by atoms with Crippen molar-refractivity contribution in [3.05, 3.63) is 35.4 Å². The van der Waals surface area contributed by atoms with Gasteiger partial charge in [0.2, 0.25) is 0 Å². The third-order valence-electron chi connectivity index (χ3n) is 5.03. The highest BCUT2D eigenvalue weighted by molar-refractivity contribution is 5.22. The van der Waals surface area contributed by atoms with E-state index >= 15 is 0 Å². The predicted molar refractivity (Wildman–Crippen MR) is 81.1 cm³/mol. The summed E-state index contributed by atoms with van der Waals surface area (Å²) in [6.45, 7) is 3.26. The molecule has 2 atom stereocenters. The highest BCUT2D eigenvalue weighted by Gasteiger charge is 2.34. The van der Waals surface area contributed by atoms with Gasteiger partial charge >= 0.3 is 0 Å². The molecule has 2 fully saturated rings. The van der Waals surface area contributed by atoms with E-state index in [2.05, 4.69) is 36.5 Å². The molecule has 2 aliphatic rings. The number of hydrogen-bond donors (Lipinski definition) is 1. The fraction of sp³-hybridized carbons (Fsp3) is 0.667. The van der Waals surface area contributed by atoms with Gasteiger partial charge in [-0.15, -0.1) is 0 Å². The number of nitrogens with one attached hydrogen (secondary N) is 1. The van der Waals surface area contributed by atoms with Crippen LogP contribution in [0, 0.1) is 11.8 Å². The highest BCUT2D eigenvalue weighted by atomic mass is 14.9. The summed E-state index contributed by atoms with van der Waals surface area (Å²) in [5, 5.41) is 3.79. The molecule has 19 heavy (non-hydrogen) atoms. The Morgan fingerprint density at radius 3 is 2.37 bits per heavy atom. The summed E-state index contributed by atoms with van der Waals surface area (Å²) in [6.07, 6.45) is 9.90. The zero-order valence-corrected chi connectivity index (χ0v) is 12.2. The van der Waals surface area contributed by atoms with Crippen molar-refractivity contribution >= 4 is 0 Å². The lowest BCUT2D eigenvalue weighted by atomic mass is 9.82. The number of aryl methyl sites for hydroxylation is 1.